The van der Waals surface area contributed by atoms with E-state index in [1.807, 2.05) is 12.1 Å². The molecular weight excluding hydrogens is 410 g/mol. The maximum atomic E-state index is 12.3. The molecule has 1 heterocycles. The van der Waals surface area contributed by atoms with Gasteiger partial charge in [-0.3, -0.25) is 9.59 Å². The molecule has 0 aromatic heterocycles. The molecule has 2 aromatic rings. The fourth-order valence-corrected chi connectivity index (χ4v) is 3.92. The molecule has 0 unspecified atom stereocenters. The lowest BCUT2D eigenvalue weighted by Gasteiger charge is -2.25. The summed E-state index contributed by atoms with van der Waals surface area (Å²) in [5.74, 6) is -0.0486. The number of rotatable bonds is 6. The van der Waals surface area contributed by atoms with E-state index in [1.54, 1.807) is 43.5 Å². The molecule has 2 amide bonds. The number of thioether (sulfide) groups is 1. The zero-order valence-corrected chi connectivity index (χ0v) is 17.1. The summed E-state index contributed by atoms with van der Waals surface area (Å²) < 4.78 is 5.09. The summed E-state index contributed by atoms with van der Waals surface area (Å²) >= 11 is 7.07. The number of allylic oxidation sites excluding steroid dienone is 1. The van der Waals surface area contributed by atoms with E-state index in [0.29, 0.717) is 27.1 Å². The standard InChI is InChI=1S/C21H18ClN3O3S/c1-28-16-8-6-15(7-9-16)24-20(27)12-29-21-18(11-23)17(10-19(26)25-21)13-2-4-14(22)5-3-13/h2-9,17H,10,12H2,1H3,(H,24,27)(H,25,26)/t17-/m0/s1. The van der Waals surface area contributed by atoms with Crippen LogP contribution in [-0.2, 0) is 9.59 Å². The van der Waals surface area contributed by atoms with Gasteiger partial charge >= 0.3 is 0 Å². The summed E-state index contributed by atoms with van der Waals surface area (Å²) in [4.78, 5) is 24.5. The Labute approximate surface area is 177 Å². The Morgan fingerprint density at radius 2 is 1.97 bits per heavy atom. The van der Waals surface area contributed by atoms with Gasteiger partial charge in [0.15, 0.2) is 0 Å². The molecule has 8 heteroatoms. The molecule has 0 saturated heterocycles. The van der Waals surface area contributed by atoms with E-state index in [9.17, 15) is 14.9 Å². The average Bonchev–Trinajstić information content (AvgIpc) is 2.73. The predicted octanol–water partition coefficient (Wildman–Crippen LogP) is 4.06. The Morgan fingerprint density at radius 1 is 1.28 bits per heavy atom. The van der Waals surface area contributed by atoms with Crippen molar-refractivity contribution in [3.05, 3.63) is 69.7 Å². The number of amides is 2. The number of halogens is 1. The minimum atomic E-state index is -0.363. The lowest BCUT2D eigenvalue weighted by atomic mass is 9.87. The van der Waals surface area contributed by atoms with Crippen LogP contribution in [0, 0.1) is 11.3 Å². The van der Waals surface area contributed by atoms with E-state index in [4.69, 9.17) is 16.3 Å². The Hall–Kier alpha value is -2.95. The molecule has 148 valence electrons. The molecule has 0 fully saturated rings. The van der Waals surface area contributed by atoms with Crippen molar-refractivity contribution < 1.29 is 14.3 Å². The molecule has 0 bridgehead atoms. The number of anilines is 1. The van der Waals surface area contributed by atoms with Gasteiger partial charge in [-0.15, -0.1) is 0 Å². The molecule has 2 N–H and O–H groups in total. The normalized spacial score (nSPS) is 16.0. The second kappa shape index (κ2) is 9.50. The summed E-state index contributed by atoms with van der Waals surface area (Å²) in [7, 11) is 1.57. The van der Waals surface area contributed by atoms with Crippen molar-refractivity contribution in [3.63, 3.8) is 0 Å². The first-order valence-electron chi connectivity index (χ1n) is 8.76. The molecule has 0 spiro atoms. The quantitative estimate of drug-likeness (QED) is 0.725. The molecule has 1 aliphatic heterocycles. The fraction of sp³-hybridized carbons (Fsp3) is 0.190. The van der Waals surface area contributed by atoms with Crippen molar-refractivity contribution in [2.45, 2.75) is 12.3 Å². The Bertz CT molecular complexity index is 982. The van der Waals surface area contributed by atoms with Crippen LogP contribution >= 0.6 is 23.4 Å². The minimum Gasteiger partial charge on any atom is -0.497 e. The summed E-state index contributed by atoms with van der Waals surface area (Å²) in [5, 5.41) is 16.2. The number of hydrogen-bond acceptors (Lipinski definition) is 5. The third-order valence-corrected chi connectivity index (χ3v) is 5.62. The van der Waals surface area contributed by atoms with Crippen LogP contribution in [0.25, 0.3) is 0 Å². The first-order chi connectivity index (χ1) is 14.0. The van der Waals surface area contributed by atoms with Gasteiger partial charge < -0.3 is 15.4 Å². The average molecular weight is 428 g/mol. The summed E-state index contributed by atoms with van der Waals surface area (Å²) in [6.07, 6.45) is 0.173. The van der Waals surface area contributed by atoms with E-state index in [-0.39, 0.29) is 29.9 Å². The highest BCUT2D eigenvalue weighted by atomic mass is 35.5. The van der Waals surface area contributed by atoms with Crippen LogP contribution in [0.1, 0.15) is 17.9 Å². The number of benzene rings is 2. The molecule has 0 radical (unpaired) electrons. The van der Waals surface area contributed by atoms with Gasteiger partial charge in [0.25, 0.3) is 0 Å². The molecule has 2 aromatic carbocycles. The van der Waals surface area contributed by atoms with E-state index in [0.717, 1.165) is 17.3 Å². The number of nitrogens with one attached hydrogen (secondary N) is 2. The van der Waals surface area contributed by atoms with Crippen molar-refractivity contribution in [2.24, 2.45) is 0 Å². The number of carbonyl (C=O) groups excluding carboxylic acids is 2. The number of ether oxygens (including phenoxy) is 1. The molecule has 3 rings (SSSR count). The van der Waals surface area contributed by atoms with Crippen molar-refractivity contribution >= 4 is 40.9 Å². The molecule has 0 saturated carbocycles. The van der Waals surface area contributed by atoms with Crippen molar-refractivity contribution in [1.29, 1.82) is 5.26 Å². The van der Waals surface area contributed by atoms with Crippen LogP contribution in [0.3, 0.4) is 0 Å². The van der Waals surface area contributed by atoms with Crippen molar-refractivity contribution in [1.82, 2.24) is 5.32 Å². The van der Waals surface area contributed by atoms with Gasteiger partial charge in [-0.25, -0.2) is 0 Å². The highest BCUT2D eigenvalue weighted by Crippen LogP contribution is 2.36. The van der Waals surface area contributed by atoms with Crippen LogP contribution < -0.4 is 15.4 Å². The third kappa shape index (κ3) is 5.31. The van der Waals surface area contributed by atoms with Crippen LogP contribution in [0.2, 0.25) is 5.02 Å². The Kier molecular flexibility index (Phi) is 6.81. The smallest absolute Gasteiger partial charge is 0.234 e. The van der Waals surface area contributed by atoms with E-state index >= 15 is 0 Å². The monoisotopic (exact) mass is 427 g/mol. The highest BCUT2D eigenvalue weighted by Gasteiger charge is 2.29. The maximum absolute atomic E-state index is 12.3. The molecule has 1 aliphatic rings. The number of hydrogen-bond donors (Lipinski definition) is 2. The molecule has 6 nitrogen and oxygen atoms in total. The van der Waals surface area contributed by atoms with Crippen molar-refractivity contribution in [2.75, 3.05) is 18.2 Å². The van der Waals surface area contributed by atoms with Gasteiger partial charge in [-0.1, -0.05) is 35.5 Å². The number of nitriles is 1. The summed E-state index contributed by atoms with van der Waals surface area (Å²) in [6, 6.07) is 16.2. The van der Waals surface area contributed by atoms with Crippen LogP contribution in [0.5, 0.6) is 5.75 Å². The summed E-state index contributed by atoms with van der Waals surface area (Å²) in [5.41, 5.74) is 1.91. The minimum absolute atomic E-state index is 0.0557. The van der Waals surface area contributed by atoms with Gasteiger partial charge in [0, 0.05) is 23.0 Å². The van der Waals surface area contributed by atoms with Crippen molar-refractivity contribution in [3.8, 4) is 11.8 Å². The number of nitrogens with zero attached hydrogens (tertiary/aromatic N) is 1. The largest absolute Gasteiger partial charge is 0.497 e. The van der Waals surface area contributed by atoms with Gasteiger partial charge in [0.05, 0.1) is 29.5 Å². The van der Waals surface area contributed by atoms with Crippen LogP contribution in [0.4, 0.5) is 5.69 Å². The third-order valence-electron chi connectivity index (χ3n) is 4.35. The summed E-state index contributed by atoms with van der Waals surface area (Å²) in [6.45, 7) is 0. The first-order valence-corrected chi connectivity index (χ1v) is 10.1. The van der Waals surface area contributed by atoms with E-state index in [1.165, 1.54) is 0 Å². The maximum Gasteiger partial charge on any atom is 0.234 e. The Balaban J connectivity index is 1.71. The molecule has 1 atom stereocenters. The molecular formula is C21H18ClN3O3S. The van der Waals surface area contributed by atoms with Gasteiger partial charge in [-0.05, 0) is 42.0 Å². The predicted molar refractivity (Wildman–Crippen MR) is 114 cm³/mol. The lowest BCUT2D eigenvalue weighted by molar-refractivity contribution is -0.121. The number of methoxy groups -OCH3 is 1. The zero-order chi connectivity index (χ0) is 20.8. The SMILES string of the molecule is COc1ccc(NC(=O)CSC2=C(C#N)[C@H](c3ccc(Cl)cc3)CC(=O)N2)cc1. The van der Waals surface area contributed by atoms with E-state index in [2.05, 4.69) is 16.7 Å². The van der Waals surface area contributed by atoms with E-state index < -0.39 is 0 Å². The zero-order valence-electron chi connectivity index (χ0n) is 15.6. The van der Waals surface area contributed by atoms with Gasteiger partial charge in [-0.2, -0.15) is 5.26 Å². The molecule has 0 aliphatic carbocycles. The lowest BCUT2D eigenvalue weighted by Crippen LogP contribution is -2.31. The van der Waals surface area contributed by atoms with Gasteiger partial charge in [0.1, 0.15) is 5.75 Å². The van der Waals surface area contributed by atoms with Gasteiger partial charge in [0.2, 0.25) is 11.8 Å². The van der Waals surface area contributed by atoms with Crippen LogP contribution in [-0.4, -0.2) is 24.7 Å². The molecule has 29 heavy (non-hydrogen) atoms. The second-order valence-corrected chi connectivity index (χ2v) is 7.70. The highest BCUT2D eigenvalue weighted by molar-refractivity contribution is 8.03. The number of carbonyl (C=O) groups is 2. The topological polar surface area (TPSA) is 91.2 Å². The Morgan fingerprint density at radius 3 is 2.59 bits per heavy atom. The second-order valence-electron chi connectivity index (χ2n) is 6.28. The fourth-order valence-electron chi connectivity index (χ4n) is 2.92. The first kappa shape index (κ1) is 20.8. The van der Waals surface area contributed by atoms with Crippen LogP contribution in [0.15, 0.2) is 59.1 Å².